The van der Waals surface area contributed by atoms with Gasteiger partial charge in [-0.05, 0) is 25.0 Å². The number of esters is 1. The molecule has 1 aliphatic carbocycles. The first kappa shape index (κ1) is 10.9. The minimum Gasteiger partial charge on any atom is -0.478 e. The summed E-state index contributed by atoms with van der Waals surface area (Å²) in [6.45, 7) is 0. The number of ether oxygens (including phenoxy) is 2. The van der Waals surface area contributed by atoms with Crippen LogP contribution in [0.2, 0.25) is 0 Å². The fraction of sp³-hybridized carbons (Fsp3) is 0.417. The summed E-state index contributed by atoms with van der Waals surface area (Å²) < 4.78 is 23.0. The van der Waals surface area contributed by atoms with E-state index in [2.05, 4.69) is 4.74 Å². The Kier molecular flexibility index (Phi) is 3.08. The predicted octanol–water partition coefficient (Wildman–Crippen LogP) is 2.16. The Bertz CT molecular complexity index is 388. The smallest absolute Gasteiger partial charge is 0.347 e. The van der Waals surface area contributed by atoms with Crippen LogP contribution in [0.3, 0.4) is 0 Å². The van der Waals surface area contributed by atoms with Crippen LogP contribution in [0.1, 0.15) is 12.8 Å². The third-order valence-electron chi connectivity index (χ3n) is 2.54. The maximum absolute atomic E-state index is 12.9. The van der Waals surface area contributed by atoms with Gasteiger partial charge < -0.3 is 9.47 Å². The van der Waals surface area contributed by atoms with Gasteiger partial charge >= 0.3 is 5.97 Å². The second kappa shape index (κ2) is 4.51. The minimum absolute atomic E-state index is 0.204. The van der Waals surface area contributed by atoms with E-state index in [1.807, 2.05) is 0 Å². The number of rotatable bonds is 4. The first-order valence-electron chi connectivity index (χ1n) is 5.21. The number of carbonyl (C=O) groups is 1. The Balaban J connectivity index is 2.08. The Labute approximate surface area is 93.2 Å². The first-order valence-corrected chi connectivity index (χ1v) is 5.21. The van der Waals surface area contributed by atoms with Gasteiger partial charge in [-0.1, -0.05) is 6.07 Å². The summed E-state index contributed by atoms with van der Waals surface area (Å²) in [5.74, 6) is -0.207. The van der Waals surface area contributed by atoms with E-state index in [1.54, 1.807) is 12.1 Å². The van der Waals surface area contributed by atoms with Crippen molar-refractivity contribution in [1.82, 2.24) is 0 Å². The number of benzene rings is 1. The molecule has 0 bridgehead atoms. The van der Waals surface area contributed by atoms with Crippen LogP contribution < -0.4 is 4.74 Å². The average Bonchev–Trinajstić information content (AvgIpc) is 3.09. The third kappa shape index (κ3) is 2.51. The maximum Gasteiger partial charge on any atom is 0.347 e. The molecule has 0 amide bonds. The Hall–Kier alpha value is -1.58. The lowest BCUT2D eigenvalue weighted by Crippen LogP contribution is -2.30. The van der Waals surface area contributed by atoms with Crippen molar-refractivity contribution in [1.29, 1.82) is 0 Å². The molecule has 1 aliphatic rings. The van der Waals surface area contributed by atoms with Crippen molar-refractivity contribution in [3.8, 4) is 5.75 Å². The molecule has 1 fully saturated rings. The second-order valence-corrected chi connectivity index (χ2v) is 3.86. The number of carbonyl (C=O) groups excluding carboxylic acids is 1. The molecule has 16 heavy (non-hydrogen) atoms. The highest BCUT2D eigenvalue weighted by Gasteiger charge is 2.39. The van der Waals surface area contributed by atoms with Crippen LogP contribution in [0.15, 0.2) is 24.3 Å². The van der Waals surface area contributed by atoms with E-state index < -0.39 is 12.1 Å². The fourth-order valence-electron chi connectivity index (χ4n) is 1.54. The van der Waals surface area contributed by atoms with Crippen molar-refractivity contribution >= 4 is 5.97 Å². The van der Waals surface area contributed by atoms with Gasteiger partial charge in [0.25, 0.3) is 0 Å². The lowest BCUT2D eigenvalue weighted by molar-refractivity contribution is -0.149. The molecule has 0 spiro atoms. The van der Waals surface area contributed by atoms with Gasteiger partial charge in [-0.2, -0.15) is 0 Å². The number of methoxy groups -OCH3 is 1. The highest BCUT2D eigenvalue weighted by Crippen LogP contribution is 2.35. The molecule has 1 aromatic carbocycles. The van der Waals surface area contributed by atoms with E-state index in [-0.39, 0.29) is 11.7 Å². The van der Waals surface area contributed by atoms with Gasteiger partial charge in [-0.3, -0.25) is 0 Å². The van der Waals surface area contributed by atoms with Crippen molar-refractivity contribution < 1.29 is 18.7 Å². The van der Waals surface area contributed by atoms with Gasteiger partial charge in [-0.25, -0.2) is 9.18 Å². The average molecular weight is 224 g/mol. The highest BCUT2D eigenvalue weighted by atomic mass is 19.1. The van der Waals surface area contributed by atoms with E-state index in [0.29, 0.717) is 5.75 Å². The lowest BCUT2D eigenvalue weighted by atomic mass is 10.2. The zero-order valence-electron chi connectivity index (χ0n) is 8.98. The topological polar surface area (TPSA) is 35.5 Å². The second-order valence-electron chi connectivity index (χ2n) is 3.86. The normalized spacial score (nSPS) is 16.6. The van der Waals surface area contributed by atoms with E-state index in [9.17, 15) is 9.18 Å². The lowest BCUT2D eigenvalue weighted by Gasteiger charge is -2.16. The van der Waals surface area contributed by atoms with Crippen molar-refractivity contribution in [3.05, 3.63) is 30.1 Å². The molecule has 3 nitrogen and oxygen atoms in total. The molecular weight excluding hydrogens is 211 g/mol. The summed E-state index contributed by atoms with van der Waals surface area (Å²) in [6, 6.07) is 5.77. The fourth-order valence-corrected chi connectivity index (χ4v) is 1.54. The Morgan fingerprint density at radius 2 is 2.25 bits per heavy atom. The molecule has 86 valence electrons. The summed E-state index contributed by atoms with van der Waals surface area (Å²) in [6.07, 6.45) is 1.30. The monoisotopic (exact) mass is 224 g/mol. The molecule has 1 saturated carbocycles. The molecular formula is C12H13FO3. The maximum atomic E-state index is 12.9. The van der Waals surface area contributed by atoms with E-state index >= 15 is 0 Å². The third-order valence-corrected chi connectivity index (χ3v) is 2.54. The molecule has 1 atom stereocenters. The van der Waals surface area contributed by atoms with Crippen molar-refractivity contribution in [2.75, 3.05) is 7.11 Å². The van der Waals surface area contributed by atoms with Crippen LogP contribution in [-0.4, -0.2) is 19.2 Å². The molecule has 0 saturated heterocycles. The van der Waals surface area contributed by atoms with E-state index in [4.69, 9.17) is 4.74 Å². The molecule has 0 aromatic heterocycles. The molecule has 4 heteroatoms. The van der Waals surface area contributed by atoms with Crippen molar-refractivity contribution in [3.63, 3.8) is 0 Å². The molecule has 1 aromatic rings. The molecule has 1 unspecified atom stereocenters. The number of hydrogen-bond acceptors (Lipinski definition) is 3. The molecule has 0 aliphatic heterocycles. The summed E-state index contributed by atoms with van der Waals surface area (Å²) >= 11 is 0. The Morgan fingerprint density at radius 1 is 1.50 bits per heavy atom. The van der Waals surface area contributed by atoms with Crippen LogP contribution >= 0.6 is 0 Å². The minimum atomic E-state index is -0.605. The Morgan fingerprint density at radius 3 is 2.81 bits per heavy atom. The summed E-state index contributed by atoms with van der Waals surface area (Å²) in [4.78, 5) is 11.4. The molecule has 0 radical (unpaired) electrons. The zero-order chi connectivity index (χ0) is 11.5. The standard InChI is InChI=1S/C12H13FO3/c1-15-12(14)11(8-5-6-8)16-10-4-2-3-9(13)7-10/h2-4,7-8,11H,5-6H2,1H3. The van der Waals surface area contributed by atoms with Gasteiger partial charge in [-0.15, -0.1) is 0 Å². The quantitative estimate of drug-likeness (QED) is 0.735. The van der Waals surface area contributed by atoms with E-state index in [0.717, 1.165) is 12.8 Å². The summed E-state index contributed by atoms with van der Waals surface area (Å²) in [7, 11) is 1.33. The van der Waals surface area contributed by atoms with Crippen molar-refractivity contribution in [2.24, 2.45) is 5.92 Å². The molecule has 0 heterocycles. The van der Waals surface area contributed by atoms with Crippen LogP contribution in [0.5, 0.6) is 5.75 Å². The molecule has 0 N–H and O–H groups in total. The predicted molar refractivity (Wildman–Crippen MR) is 55.6 cm³/mol. The van der Waals surface area contributed by atoms with Crippen LogP contribution in [0.25, 0.3) is 0 Å². The zero-order valence-corrected chi connectivity index (χ0v) is 8.98. The largest absolute Gasteiger partial charge is 0.478 e. The number of halogens is 1. The van der Waals surface area contributed by atoms with Crippen LogP contribution in [-0.2, 0) is 9.53 Å². The summed E-state index contributed by atoms with van der Waals surface area (Å²) in [5, 5.41) is 0. The SMILES string of the molecule is COC(=O)C(Oc1cccc(F)c1)C1CC1. The van der Waals surface area contributed by atoms with Crippen molar-refractivity contribution in [2.45, 2.75) is 18.9 Å². The van der Waals surface area contributed by atoms with Crippen LogP contribution in [0, 0.1) is 11.7 Å². The van der Waals surface area contributed by atoms with Gasteiger partial charge in [0.15, 0.2) is 6.10 Å². The highest BCUT2D eigenvalue weighted by molar-refractivity contribution is 5.75. The first-order chi connectivity index (χ1) is 7.70. The molecule has 2 rings (SSSR count). The van der Waals surface area contributed by atoms with Gasteiger partial charge in [0, 0.05) is 12.0 Å². The number of hydrogen-bond donors (Lipinski definition) is 0. The van der Waals surface area contributed by atoms with Gasteiger partial charge in [0.1, 0.15) is 11.6 Å². The van der Waals surface area contributed by atoms with Gasteiger partial charge in [0.05, 0.1) is 7.11 Å². The summed E-state index contributed by atoms with van der Waals surface area (Å²) in [5.41, 5.74) is 0. The van der Waals surface area contributed by atoms with E-state index in [1.165, 1.54) is 19.2 Å². The van der Waals surface area contributed by atoms with Gasteiger partial charge in [0.2, 0.25) is 0 Å². The van der Waals surface area contributed by atoms with Crippen LogP contribution in [0.4, 0.5) is 4.39 Å².